The van der Waals surface area contributed by atoms with E-state index in [1.807, 2.05) is 81.4 Å². The number of nitrogens with one attached hydrogen (secondary N) is 6. The molecular formula is C78H97N9O15. The van der Waals surface area contributed by atoms with Crippen LogP contribution in [0, 0.1) is 22.7 Å². The summed E-state index contributed by atoms with van der Waals surface area (Å²) in [6.45, 7) is 14.1. The van der Waals surface area contributed by atoms with E-state index in [-0.39, 0.29) is 89.1 Å². The number of likely N-dealkylation sites (tertiary alicyclic amines) is 2. The van der Waals surface area contributed by atoms with Gasteiger partial charge in [-0.25, -0.2) is 4.79 Å². The van der Waals surface area contributed by atoms with Crippen LogP contribution in [0.15, 0.2) is 127 Å². The molecule has 5 aromatic carbocycles. The summed E-state index contributed by atoms with van der Waals surface area (Å²) in [5.41, 5.74) is 1.67. The van der Waals surface area contributed by atoms with Crippen LogP contribution in [0.4, 0.5) is 0 Å². The fourth-order valence-electron chi connectivity index (χ4n) is 13.7. The van der Waals surface area contributed by atoms with Crippen molar-refractivity contribution in [2.24, 2.45) is 22.7 Å². The molecule has 12 rings (SSSR count). The van der Waals surface area contributed by atoms with Crippen LogP contribution in [0.3, 0.4) is 0 Å². The van der Waals surface area contributed by atoms with Gasteiger partial charge in [-0.1, -0.05) is 139 Å². The first kappa shape index (κ1) is 76.5. The Morgan fingerprint density at radius 2 is 1.25 bits per heavy atom. The van der Waals surface area contributed by atoms with Crippen molar-refractivity contribution in [3.05, 3.63) is 161 Å². The van der Waals surface area contributed by atoms with Gasteiger partial charge in [0.05, 0.1) is 36.8 Å². The standard InChI is InChI=1S/C78H97N9O15/c1-45(79-9)65(88)41-59(77(3,4)5)72(94)87-44-58-40-64(87)73(95)85-42-54-20-14-13-19-53(54)37-62(85)66(89)38-55(75(97)98)33-47-21-27-51(28-22-47)69(91)81-56-39-63(86(43-56)74(96)67(78(6,7)8)84-68(90)46(2)80-10)71(93)82-60(36-49-23-26-50-17-11-12-18-52(50)34-49)70(92)83-61(76(99)100)35-48-24-29-57(30-25-48)101-31-15-16-32-102-58/h11-30,34,45-46,55-56,58-64,67,79-80H,31-33,35-44H2,1-10H3,(H,81,91)(H,82,93)(H,83,92)(H,84,90)(H,97,98)(H,99,100)/t45-,46-,55+,56-,58-,59+,60-,61-,62-,63-,64-,67+/m0/s1. The molecular weight excluding hydrogens is 1300 g/mol. The van der Waals surface area contributed by atoms with Crippen LogP contribution in [0.1, 0.15) is 119 Å². The van der Waals surface area contributed by atoms with E-state index in [0.29, 0.717) is 22.4 Å². The summed E-state index contributed by atoms with van der Waals surface area (Å²) in [6, 6.07) is 23.3. The number of ketones is 2. The molecule has 2 saturated heterocycles. The zero-order valence-corrected chi connectivity index (χ0v) is 59.8. The molecule has 2 fully saturated rings. The van der Waals surface area contributed by atoms with Crippen molar-refractivity contribution in [3.8, 4) is 5.75 Å². The first-order valence-corrected chi connectivity index (χ1v) is 35.0. The number of aliphatic carboxylic acids is 2. The summed E-state index contributed by atoms with van der Waals surface area (Å²) in [4.78, 5) is 163. The number of nitrogens with zero attached hydrogens (tertiary/aromatic N) is 3. The van der Waals surface area contributed by atoms with Gasteiger partial charge in [0.15, 0.2) is 5.78 Å². The number of fused-ring (bicyclic) bond motifs is 2. The lowest BCUT2D eigenvalue weighted by atomic mass is 9.76. The summed E-state index contributed by atoms with van der Waals surface area (Å²) in [6.07, 6.45) is 1.72. The minimum atomic E-state index is -1.49. The molecule has 24 heteroatoms. The lowest BCUT2D eigenvalue weighted by Crippen LogP contribution is -2.61. The Labute approximate surface area is 595 Å². The number of ether oxygens (including phenoxy) is 2. The number of carboxylic acid groups (broad SMARTS) is 2. The Kier molecular flexibility index (Phi) is 25.1. The summed E-state index contributed by atoms with van der Waals surface area (Å²) >= 11 is 0. The Morgan fingerprint density at radius 1 is 0.618 bits per heavy atom. The predicted molar refractivity (Wildman–Crippen MR) is 382 cm³/mol. The largest absolute Gasteiger partial charge is 0.490 e. The lowest BCUT2D eigenvalue weighted by molar-refractivity contribution is -0.153. The zero-order chi connectivity index (χ0) is 73.9. The number of likely N-dealkylation sites (N-methyl/N-ethyl adjacent to an activating group) is 2. The van der Waals surface area contributed by atoms with E-state index in [9.17, 15) is 43.8 Å². The molecule has 7 amide bonds. The van der Waals surface area contributed by atoms with Crippen LogP contribution >= 0.6 is 0 Å². The van der Waals surface area contributed by atoms with E-state index in [1.165, 1.54) is 26.8 Å². The Hall–Kier alpha value is -9.65. The summed E-state index contributed by atoms with van der Waals surface area (Å²) in [5, 5.41) is 40.4. The van der Waals surface area contributed by atoms with Crippen LogP contribution in [0.25, 0.3) is 10.8 Å². The molecule has 7 aliphatic rings. The second kappa shape index (κ2) is 33.4. The number of benzene rings is 5. The molecule has 544 valence electrons. The number of hydrogen-bond donors (Lipinski definition) is 8. The maximum absolute atomic E-state index is 15.5. The van der Waals surface area contributed by atoms with Crippen molar-refractivity contribution >= 4 is 75.6 Å². The summed E-state index contributed by atoms with van der Waals surface area (Å²) in [7, 11) is 3.25. The molecule has 0 aliphatic carbocycles. The van der Waals surface area contributed by atoms with Crippen LogP contribution in [-0.4, -0.2) is 191 Å². The second-order valence-corrected chi connectivity index (χ2v) is 29.6. The van der Waals surface area contributed by atoms with Gasteiger partial charge in [-0.2, -0.15) is 0 Å². The molecule has 0 spiro atoms. The number of Topliss-reactive ketones (excluding diaryl/α,β-unsaturated/α-hetero) is 2. The van der Waals surface area contributed by atoms with Crippen LogP contribution < -0.4 is 36.6 Å². The molecule has 8 bridgehead atoms. The molecule has 0 radical (unpaired) electrons. The quantitative estimate of drug-likeness (QED) is 0.0671. The molecule has 24 nitrogen and oxygen atoms in total. The number of carbonyl (C=O) groups is 11. The van der Waals surface area contributed by atoms with Gasteiger partial charge in [0, 0.05) is 75.7 Å². The highest BCUT2D eigenvalue weighted by molar-refractivity contribution is 5.99. The molecule has 8 N–H and O–H groups in total. The molecule has 0 aromatic heterocycles. The molecule has 102 heavy (non-hydrogen) atoms. The fraction of sp³-hybridized carbons (Fsp3) is 0.474. The van der Waals surface area contributed by atoms with E-state index in [1.54, 1.807) is 103 Å². The first-order chi connectivity index (χ1) is 48.4. The SMILES string of the molecule is CN[C@@H](C)C(=O)C[C@H](C(=O)N1C[C@@H]2C[C@H]1C(=O)N1Cc3ccccc3C[C@H]1C(=O)C[C@H](C(=O)O)Cc1ccc(cc1)C(=O)N[C@H]1C[C@@H](C(=O)N[C@@H](Cc3ccc4ccccc4c3)C(=O)N[C@H](C(=O)O)Cc3ccc(cc3)OCC=CCO2)N(C(=O)[C@@H](NC(=O)[C@H](C)NC)C(C)(C)C)C1)C(C)(C)C. The molecule has 0 unspecified atom stereocenters. The van der Waals surface area contributed by atoms with Crippen molar-refractivity contribution in [1.82, 2.24) is 46.6 Å². The number of amides is 7. The van der Waals surface area contributed by atoms with Crippen LogP contribution in [0.2, 0.25) is 0 Å². The van der Waals surface area contributed by atoms with Crippen molar-refractivity contribution < 1.29 is 72.4 Å². The Balaban J connectivity index is 1.05. The number of rotatable bonds is 13. The third kappa shape index (κ3) is 19.1. The first-order valence-electron chi connectivity index (χ1n) is 35.0. The van der Waals surface area contributed by atoms with Gasteiger partial charge < -0.3 is 66.3 Å². The van der Waals surface area contributed by atoms with Crippen molar-refractivity contribution in [2.75, 3.05) is 40.4 Å². The third-order valence-corrected chi connectivity index (χ3v) is 20.1. The summed E-state index contributed by atoms with van der Waals surface area (Å²) < 4.78 is 12.4. The molecule has 0 saturated carbocycles. The maximum atomic E-state index is 15.5. The van der Waals surface area contributed by atoms with E-state index < -0.39 is 149 Å². The predicted octanol–water partition coefficient (Wildman–Crippen LogP) is 5.54. The van der Waals surface area contributed by atoms with Gasteiger partial charge in [-0.3, -0.25) is 47.9 Å². The van der Waals surface area contributed by atoms with Gasteiger partial charge in [-0.15, -0.1) is 0 Å². The molecule has 7 heterocycles. The number of carboxylic acids is 2. The van der Waals surface area contributed by atoms with E-state index in [4.69, 9.17) is 9.47 Å². The van der Waals surface area contributed by atoms with E-state index in [0.717, 1.165) is 21.9 Å². The third-order valence-electron chi connectivity index (χ3n) is 20.1. The molecule has 7 aliphatic heterocycles. The van der Waals surface area contributed by atoms with E-state index in [2.05, 4.69) is 31.9 Å². The average Bonchev–Trinajstić information content (AvgIpc) is 1.47. The number of hydrogen-bond acceptors (Lipinski definition) is 15. The number of carbonyl (C=O) groups excluding carboxylic acids is 9. The smallest absolute Gasteiger partial charge is 0.326 e. The van der Waals surface area contributed by atoms with Crippen molar-refractivity contribution in [2.45, 2.75) is 174 Å². The minimum Gasteiger partial charge on any atom is -0.490 e. The van der Waals surface area contributed by atoms with E-state index >= 15 is 19.2 Å². The van der Waals surface area contributed by atoms with Crippen LogP contribution in [0.5, 0.6) is 5.75 Å². The van der Waals surface area contributed by atoms with Crippen molar-refractivity contribution in [3.63, 3.8) is 0 Å². The normalized spacial score (nSPS) is 23.4. The summed E-state index contributed by atoms with van der Waals surface area (Å²) in [5.74, 6) is -9.35. The van der Waals surface area contributed by atoms with Gasteiger partial charge >= 0.3 is 11.9 Å². The van der Waals surface area contributed by atoms with Gasteiger partial charge in [0.25, 0.3) is 5.91 Å². The van der Waals surface area contributed by atoms with Gasteiger partial charge in [-0.05, 0) is 121 Å². The van der Waals surface area contributed by atoms with Gasteiger partial charge in [0.1, 0.15) is 48.3 Å². The van der Waals surface area contributed by atoms with Gasteiger partial charge in [0.2, 0.25) is 35.4 Å². The lowest BCUT2D eigenvalue weighted by Gasteiger charge is -2.40. The molecule has 5 aromatic rings. The molecule has 12 atom stereocenters. The Bertz CT molecular complexity index is 3960. The van der Waals surface area contributed by atoms with Crippen LogP contribution in [-0.2, 0) is 84.9 Å². The average molecular weight is 1400 g/mol. The maximum Gasteiger partial charge on any atom is 0.326 e. The second-order valence-electron chi connectivity index (χ2n) is 29.6. The van der Waals surface area contributed by atoms with Crippen molar-refractivity contribution in [1.29, 1.82) is 0 Å². The highest BCUT2D eigenvalue weighted by atomic mass is 16.5. The fourth-order valence-corrected chi connectivity index (χ4v) is 13.7. The topological polar surface area (TPSA) is 329 Å². The monoisotopic (exact) mass is 1400 g/mol. The highest BCUT2D eigenvalue weighted by Crippen LogP contribution is 2.37. The Morgan fingerprint density at radius 3 is 1.91 bits per heavy atom. The highest BCUT2D eigenvalue weighted by Gasteiger charge is 2.50. The zero-order valence-electron chi connectivity index (χ0n) is 59.8. The minimum absolute atomic E-state index is 0.00759.